The molecule has 2 unspecified atom stereocenters. The molecule has 0 amide bonds. The number of hydrogen-bond acceptors (Lipinski definition) is 3. The maximum Gasteiger partial charge on any atom is 0.0644 e. The third-order valence-corrected chi connectivity index (χ3v) is 4.78. The predicted molar refractivity (Wildman–Crippen MR) is 83.7 cm³/mol. The summed E-state index contributed by atoms with van der Waals surface area (Å²) >= 11 is 0. The molecule has 1 aliphatic rings. The van der Waals surface area contributed by atoms with Crippen molar-refractivity contribution in [2.45, 2.75) is 52.5 Å². The minimum atomic E-state index is 0.455. The van der Waals surface area contributed by atoms with Gasteiger partial charge in [0.05, 0.1) is 5.69 Å². The Hall–Kier alpha value is -0.870. The standard InChI is InChI=1S/C16H30N4/c1-5-9-20-10-7-6-8-14(11-17)16(20)15-12(2)18-19(4)13(15)3/h14,16H,5-11,17H2,1-4H3. The molecule has 1 aromatic rings. The van der Waals surface area contributed by atoms with Gasteiger partial charge in [-0.25, -0.2) is 0 Å². The lowest BCUT2D eigenvalue weighted by atomic mass is 9.88. The van der Waals surface area contributed by atoms with Crippen LogP contribution in [0.3, 0.4) is 0 Å². The van der Waals surface area contributed by atoms with Crippen LogP contribution in [0.25, 0.3) is 0 Å². The van der Waals surface area contributed by atoms with E-state index in [1.807, 2.05) is 11.7 Å². The van der Waals surface area contributed by atoms with Crippen molar-refractivity contribution in [2.75, 3.05) is 19.6 Å². The summed E-state index contributed by atoms with van der Waals surface area (Å²) in [5.41, 5.74) is 10.0. The Balaban J connectivity index is 2.43. The van der Waals surface area contributed by atoms with Gasteiger partial charge < -0.3 is 5.73 Å². The van der Waals surface area contributed by atoms with Crippen LogP contribution in [0.5, 0.6) is 0 Å². The monoisotopic (exact) mass is 278 g/mol. The van der Waals surface area contributed by atoms with Crippen LogP contribution in [-0.2, 0) is 7.05 Å². The van der Waals surface area contributed by atoms with Crippen molar-refractivity contribution >= 4 is 0 Å². The van der Waals surface area contributed by atoms with Crippen LogP contribution >= 0.6 is 0 Å². The summed E-state index contributed by atoms with van der Waals surface area (Å²) in [6, 6.07) is 0.455. The zero-order chi connectivity index (χ0) is 14.7. The minimum Gasteiger partial charge on any atom is -0.330 e. The van der Waals surface area contributed by atoms with E-state index in [1.54, 1.807) is 0 Å². The van der Waals surface area contributed by atoms with Crippen molar-refractivity contribution in [2.24, 2.45) is 18.7 Å². The Morgan fingerprint density at radius 1 is 1.30 bits per heavy atom. The first-order valence-corrected chi connectivity index (χ1v) is 8.04. The molecule has 1 saturated heterocycles. The number of nitrogens with two attached hydrogens (primary N) is 1. The van der Waals surface area contributed by atoms with Gasteiger partial charge in [-0.3, -0.25) is 9.58 Å². The van der Waals surface area contributed by atoms with E-state index in [0.717, 1.165) is 13.1 Å². The van der Waals surface area contributed by atoms with Gasteiger partial charge in [0, 0.05) is 24.3 Å². The van der Waals surface area contributed by atoms with Crippen LogP contribution in [0.4, 0.5) is 0 Å². The van der Waals surface area contributed by atoms with Crippen LogP contribution in [0.1, 0.15) is 55.6 Å². The first kappa shape index (κ1) is 15.5. The fraction of sp³-hybridized carbons (Fsp3) is 0.812. The van der Waals surface area contributed by atoms with Gasteiger partial charge in [0.2, 0.25) is 0 Å². The minimum absolute atomic E-state index is 0.455. The summed E-state index contributed by atoms with van der Waals surface area (Å²) < 4.78 is 2.02. The lowest BCUT2D eigenvalue weighted by Crippen LogP contribution is -2.36. The summed E-state index contributed by atoms with van der Waals surface area (Å²) in [5.74, 6) is 0.561. The van der Waals surface area contributed by atoms with Crippen molar-refractivity contribution in [1.82, 2.24) is 14.7 Å². The van der Waals surface area contributed by atoms with Gasteiger partial charge in [0.15, 0.2) is 0 Å². The maximum absolute atomic E-state index is 6.11. The lowest BCUT2D eigenvalue weighted by Gasteiger charge is -2.35. The van der Waals surface area contributed by atoms with E-state index in [4.69, 9.17) is 5.73 Å². The van der Waals surface area contributed by atoms with E-state index in [0.29, 0.717) is 12.0 Å². The highest BCUT2D eigenvalue weighted by molar-refractivity contribution is 5.29. The molecule has 2 N–H and O–H groups in total. The number of aromatic nitrogens is 2. The highest BCUT2D eigenvalue weighted by Crippen LogP contribution is 2.37. The van der Waals surface area contributed by atoms with Gasteiger partial charge in [-0.05, 0) is 58.7 Å². The Morgan fingerprint density at radius 2 is 2.05 bits per heavy atom. The molecule has 0 bridgehead atoms. The Kier molecular flexibility index (Phi) is 5.22. The Labute approximate surface area is 123 Å². The molecule has 4 heteroatoms. The normalized spacial score (nSPS) is 24.9. The van der Waals surface area contributed by atoms with Crippen molar-refractivity contribution in [3.05, 3.63) is 17.0 Å². The molecule has 0 aliphatic carbocycles. The molecule has 0 saturated carbocycles. The molecule has 4 nitrogen and oxygen atoms in total. The van der Waals surface area contributed by atoms with Crippen LogP contribution in [-0.4, -0.2) is 34.3 Å². The third kappa shape index (κ3) is 2.91. The van der Waals surface area contributed by atoms with E-state index >= 15 is 0 Å². The summed E-state index contributed by atoms with van der Waals surface area (Å²) in [7, 11) is 2.05. The average Bonchev–Trinajstić information content (AvgIpc) is 2.59. The van der Waals surface area contributed by atoms with Crippen LogP contribution in [0.2, 0.25) is 0 Å². The van der Waals surface area contributed by atoms with E-state index < -0.39 is 0 Å². The second-order valence-corrected chi connectivity index (χ2v) is 6.18. The first-order valence-electron chi connectivity index (χ1n) is 8.04. The molecule has 2 atom stereocenters. The van der Waals surface area contributed by atoms with Crippen molar-refractivity contribution in [3.8, 4) is 0 Å². The molecule has 2 heterocycles. The number of nitrogens with zero attached hydrogens (tertiary/aromatic N) is 3. The van der Waals surface area contributed by atoms with Crippen LogP contribution < -0.4 is 5.73 Å². The SMILES string of the molecule is CCCN1CCCCC(CN)C1c1c(C)nn(C)c1C. The Morgan fingerprint density at radius 3 is 2.60 bits per heavy atom. The summed E-state index contributed by atoms with van der Waals surface area (Å²) in [6.07, 6.45) is 5.05. The fourth-order valence-corrected chi connectivity index (χ4v) is 3.74. The van der Waals surface area contributed by atoms with Crippen LogP contribution in [0.15, 0.2) is 0 Å². The van der Waals surface area contributed by atoms with Gasteiger partial charge in [0.1, 0.15) is 0 Å². The number of aryl methyl sites for hydroxylation is 2. The molecule has 0 aromatic carbocycles. The quantitative estimate of drug-likeness (QED) is 0.920. The van der Waals surface area contributed by atoms with Crippen molar-refractivity contribution < 1.29 is 0 Å². The molecular weight excluding hydrogens is 248 g/mol. The van der Waals surface area contributed by atoms with E-state index in [2.05, 4.69) is 30.8 Å². The molecule has 2 rings (SSSR count). The topological polar surface area (TPSA) is 47.1 Å². The summed E-state index contributed by atoms with van der Waals surface area (Å²) in [5, 5.41) is 4.63. The van der Waals surface area contributed by atoms with E-state index in [-0.39, 0.29) is 0 Å². The zero-order valence-electron chi connectivity index (χ0n) is 13.5. The Bertz CT molecular complexity index is 438. The fourth-order valence-electron chi connectivity index (χ4n) is 3.74. The molecule has 1 aliphatic heterocycles. The largest absolute Gasteiger partial charge is 0.330 e. The molecular formula is C16H30N4. The van der Waals surface area contributed by atoms with E-state index in [9.17, 15) is 0 Å². The number of rotatable bonds is 4. The lowest BCUT2D eigenvalue weighted by molar-refractivity contribution is 0.157. The van der Waals surface area contributed by atoms with Gasteiger partial charge in [-0.2, -0.15) is 5.10 Å². The van der Waals surface area contributed by atoms with Crippen molar-refractivity contribution in [3.63, 3.8) is 0 Å². The second kappa shape index (κ2) is 6.72. The van der Waals surface area contributed by atoms with Gasteiger partial charge in [-0.1, -0.05) is 13.3 Å². The highest BCUT2D eigenvalue weighted by atomic mass is 15.3. The molecule has 1 aromatic heterocycles. The van der Waals surface area contributed by atoms with Gasteiger partial charge in [0.25, 0.3) is 0 Å². The smallest absolute Gasteiger partial charge is 0.0644 e. The predicted octanol–water partition coefficient (Wildman–Crippen LogP) is 2.55. The van der Waals surface area contributed by atoms with Gasteiger partial charge >= 0.3 is 0 Å². The third-order valence-electron chi connectivity index (χ3n) is 4.78. The number of likely N-dealkylation sites (tertiary alicyclic amines) is 1. The van der Waals surface area contributed by atoms with E-state index in [1.165, 1.54) is 49.2 Å². The molecule has 0 radical (unpaired) electrons. The molecule has 1 fully saturated rings. The second-order valence-electron chi connectivity index (χ2n) is 6.18. The molecule has 114 valence electrons. The average molecular weight is 278 g/mol. The van der Waals surface area contributed by atoms with Crippen LogP contribution in [0, 0.1) is 19.8 Å². The highest BCUT2D eigenvalue weighted by Gasteiger charge is 2.33. The summed E-state index contributed by atoms with van der Waals surface area (Å²) in [6.45, 7) is 9.74. The maximum atomic E-state index is 6.11. The molecule has 20 heavy (non-hydrogen) atoms. The molecule has 0 spiro atoms. The first-order chi connectivity index (χ1) is 9.60. The summed E-state index contributed by atoms with van der Waals surface area (Å²) in [4.78, 5) is 2.65. The zero-order valence-corrected chi connectivity index (χ0v) is 13.5. The van der Waals surface area contributed by atoms with Gasteiger partial charge in [-0.15, -0.1) is 0 Å². The van der Waals surface area contributed by atoms with Crippen molar-refractivity contribution in [1.29, 1.82) is 0 Å². The number of hydrogen-bond donors (Lipinski definition) is 1.